The van der Waals surface area contributed by atoms with Gasteiger partial charge in [0.05, 0.1) is 0 Å². The van der Waals surface area contributed by atoms with E-state index in [1.54, 1.807) is 24.3 Å². The smallest absolute Gasteiger partial charge is 0.138 e. The lowest BCUT2D eigenvalue weighted by molar-refractivity contribution is 0.0734. The molecule has 1 saturated heterocycles. The second-order valence-corrected chi connectivity index (χ2v) is 8.11. The Morgan fingerprint density at radius 2 is 1.59 bits per heavy atom. The molecule has 0 saturated carbocycles. The quantitative estimate of drug-likeness (QED) is 0.477. The molecule has 3 aromatic rings. The van der Waals surface area contributed by atoms with Crippen molar-refractivity contribution in [3.63, 3.8) is 0 Å². The van der Waals surface area contributed by atoms with Crippen LogP contribution in [-0.4, -0.2) is 48.5 Å². The van der Waals surface area contributed by atoms with Crippen LogP contribution < -0.4 is 14.2 Å². The summed E-state index contributed by atoms with van der Waals surface area (Å²) in [6.45, 7) is 2.58. The Balaban J connectivity index is 1.21. The molecule has 0 radical (unpaired) electrons. The number of β-amino-alcohol motifs (C(OH)–C–C–N with tert-alkyl or cyclic N) is 1. The molecule has 0 unspecified atom stereocenters. The predicted octanol–water partition coefficient (Wildman–Crippen LogP) is 4.56. The van der Waals surface area contributed by atoms with E-state index >= 15 is 0 Å². The van der Waals surface area contributed by atoms with Crippen LogP contribution in [0.4, 0.5) is 4.39 Å². The fraction of sp³-hybridized carbons (Fsp3) is 0.280. The van der Waals surface area contributed by atoms with Crippen LogP contribution in [0.1, 0.15) is 5.56 Å². The van der Waals surface area contributed by atoms with Crippen LogP contribution in [0.15, 0.2) is 72.8 Å². The number of benzene rings is 3. The fourth-order valence-electron chi connectivity index (χ4n) is 3.62. The molecule has 7 heteroatoms. The van der Waals surface area contributed by atoms with Gasteiger partial charge in [-0.05, 0) is 48.0 Å². The van der Waals surface area contributed by atoms with Crippen LogP contribution >= 0.6 is 11.6 Å². The highest BCUT2D eigenvalue weighted by molar-refractivity contribution is 6.30. The van der Waals surface area contributed by atoms with Crippen LogP contribution in [0.2, 0.25) is 5.02 Å². The van der Waals surface area contributed by atoms with Crippen LogP contribution in [0.3, 0.4) is 0 Å². The minimum Gasteiger partial charge on any atom is -0.490 e. The zero-order valence-electron chi connectivity index (χ0n) is 17.5. The first-order valence-corrected chi connectivity index (χ1v) is 10.9. The molecule has 168 valence electrons. The summed E-state index contributed by atoms with van der Waals surface area (Å²) in [6, 6.07) is 21.1. The minimum atomic E-state index is -0.625. The van der Waals surface area contributed by atoms with Gasteiger partial charge in [-0.3, -0.25) is 4.90 Å². The largest absolute Gasteiger partial charge is 0.490 e. The Kier molecular flexibility index (Phi) is 7.47. The van der Waals surface area contributed by atoms with E-state index in [2.05, 4.69) is 4.90 Å². The highest BCUT2D eigenvalue weighted by atomic mass is 35.5. The first-order valence-electron chi connectivity index (χ1n) is 10.5. The third kappa shape index (κ3) is 6.36. The summed E-state index contributed by atoms with van der Waals surface area (Å²) in [6.07, 6.45) is -1.01. The number of aliphatic hydroxyl groups excluding tert-OH is 1. The second-order valence-electron chi connectivity index (χ2n) is 7.67. The van der Waals surface area contributed by atoms with Crippen molar-refractivity contribution >= 4 is 11.6 Å². The Hall–Kier alpha value is -2.80. The highest BCUT2D eigenvalue weighted by Crippen LogP contribution is 2.22. The van der Waals surface area contributed by atoms with Gasteiger partial charge < -0.3 is 19.3 Å². The van der Waals surface area contributed by atoms with E-state index in [1.165, 1.54) is 12.1 Å². The lowest BCUT2D eigenvalue weighted by Crippen LogP contribution is -2.29. The number of ether oxygens (including phenoxy) is 3. The summed E-state index contributed by atoms with van der Waals surface area (Å²) in [5.41, 5.74) is 1.10. The van der Waals surface area contributed by atoms with Crippen LogP contribution in [-0.2, 0) is 6.54 Å². The van der Waals surface area contributed by atoms with Gasteiger partial charge in [0, 0.05) is 30.7 Å². The van der Waals surface area contributed by atoms with E-state index in [9.17, 15) is 9.50 Å². The Labute approximate surface area is 191 Å². The SMILES string of the molecule is O[C@@H]1CN(Cc2ccc(OCCOc3cccc(Cl)c3)cc2)C[C@H]1Oc1cccc(F)c1. The lowest BCUT2D eigenvalue weighted by Gasteiger charge is -2.17. The molecule has 1 aliphatic heterocycles. The maximum absolute atomic E-state index is 13.4. The monoisotopic (exact) mass is 457 g/mol. The minimum absolute atomic E-state index is 0.356. The van der Waals surface area contributed by atoms with Crippen molar-refractivity contribution in [2.75, 3.05) is 26.3 Å². The molecule has 32 heavy (non-hydrogen) atoms. The molecule has 1 aliphatic rings. The maximum Gasteiger partial charge on any atom is 0.138 e. The van der Waals surface area contributed by atoms with Crippen molar-refractivity contribution in [2.24, 2.45) is 0 Å². The van der Waals surface area contributed by atoms with E-state index in [-0.39, 0.29) is 11.9 Å². The van der Waals surface area contributed by atoms with Crippen molar-refractivity contribution in [3.8, 4) is 17.2 Å². The summed E-state index contributed by atoms with van der Waals surface area (Å²) in [4.78, 5) is 2.11. The number of hydrogen-bond donors (Lipinski definition) is 1. The Bertz CT molecular complexity index is 1020. The van der Waals surface area contributed by atoms with Gasteiger partial charge in [-0.15, -0.1) is 0 Å². The molecule has 1 N–H and O–H groups in total. The average molecular weight is 458 g/mol. The van der Waals surface area contributed by atoms with Crippen molar-refractivity contribution in [1.29, 1.82) is 0 Å². The number of halogens is 2. The molecule has 1 fully saturated rings. The fourth-order valence-corrected chi connectivity index (χ4v) is 3.80. The second kappa shape index (κ2) is 10.7. The van der Waals surface area contributed by atoms with Crippen LogP contribution in [0, 0.1) is 5.82 Å². The van der Waals surface area contributed by atoms with Crippen molar-refractivity contribution in [2.45, 2.75) is 18.8 Å². The number of rotatable bonds is 9. The topological polar surface area (TPSA) is 51.2 Å². The van der Waals surface area contributed by atoms with E-state index in [4.69, 9.17) is 25.8 Å². The van der Waals surface area contributed by atoms with Gasteiger partial charge in [-0.25, -0.2) is 4.39 Å². The van der Waals surface area contributed by atoms with Crippen molar-refractivity contribution in [1.82, 2.24) is 4.90 Å². The van der Waals surface area contributed by atoms with Gasteiger partial charge in [0.25, 0.3) is 0 Å². The van der Waals surface area contributed by atoms with Crippen molar-refractivity contribution in [3.05, 3.63) is 89.2 Å². The third-order valence-electron chi connectivity index (χ3n) is 5.14. The molecule has 5 nitrogen and oxygen atoms in total. The number of aliphatic hydroxyl groups is 1. The zero-order valence-corrected chi connectivity index (χ0v) is 18.2. The molecule has 2 atom stereocenters. The predicted molar refractivity (Wildman–Crippen MR) is 121 cm³/mol. The van der Waals surface area contributed by atoms with E-state index in [1.807, 2.05) is 36.4 Å². The third-order valence-corrected chi connectivity index (χ3v) is 5.38. The van der Waals surface area contributed by atoms with E-state index in [0.29, 0.717) is 49.4 Å². The lowest BCUT2D eigenvalue weighted by atomic mass is 10.2. The van der Waals surface area contributed by atoms with Gasteiger partial charge in [0.1, 0.15) is 48.5 Å². The Morgan fingerprint density at radius 1 is 0.875 bits per heavy atom. The molecule has 0 bridgehead atoms. The van der Waals surface area contributed by atoms with Crippen LogP contribution in [0.5, 0.6) is 17.2 Å². The molecule has 0 aliphatic carbocycles. The summed E-state index contributed by atoms with van der Waals surface area (Å²) in [5, 5.41) is 11.0. The molecule has 4 rings (SSSR count). The average Bonchev–Trinajstić information content (AvgIpc) is 3.11. The van der Waals surface area contributed by atoms with E-state index in [0.717, 1.165) is 11.3 Å². The first kappa shape index (κ1) is 22.4. The number of likely N-dealkylation sites (tertiary alicyclic amines) is 1. The zero-order chi connectivity index (χ0) is 22.3. The molecule has 0 aromatic heterocycles. The van der Waals surface area contributed by atoms with Crippen LogP contribution in [0.25, 0.3) is 0 Å². The molecular formula is C25H25ClFNO4. The van der Waals surface area contributed by atoms with Gasteiger partial charge in [-0.2, -0.15) is 0 Å². The normalized spacial score (nSPS) is 18.5. The highest BCUT2D eigenvalue weighted by Gasteiger charge is 2.33. The molecule has 0 amide bonds. The van der Waals surface area contributed by atoms with Gasteiger partial charge >= 0.3 is 0 Å². The summed E-state index contributed by atoms with van der Waals surface area (Å²) >= 11 is 5.94. The molecule has 1 heterocycles. The number of hydrogen-bond acceptors (Lipinski definition) is 5. The van der Waals surface area contributed by atoms with Gasteiger partial charge in [0.15, 0.2) is 0 Å². The molecular weight excluding hydrogens is 433 g/mol. The molecule has 3 aromatic carbocycles. The van der Waals surface area contributed by atoms with E-state index < -0.39 is 6.10 Å². The first-order chi connectivity index (χ1) is 15.5. The summed E-state index contributed by atoms with van der Waals surface area (Å²) in [7, 11) is 0. The summed E-state index contributed by atoms with van der Waals surface area (Å²) in [5.74, 6) is 1.54. The van der Waals surface area contributed by atoms with Gasteiger partial charge in [-0.1, -0.05) is 35.9 Å². The standard InChI is InChI=1S/C25H25ClFNO4/c26-19-3-1-5-22(13-19)31-12-11-30-21-9-7-18(8-10-21)15-28-16-24(29)25(17-28)32-23-6-2-4-20(27)14-23/h1-10,13-14,24-25,29H,11-12,15-17H2/t24-,25-/m1/s1. The number of nitrogens with zero attached hydrogens (tertiary/aromatic N) is 1. The summed E-state index contributed by atoms with van der Waals surface area (Å²) < 4.78 is 30.5. The maximum atomic E-state index is 13.4. The molecule has 0 spiro atoms. The Morgan fingerprint density at radius 3 is 2.34 bits per heavy atom. The van der Waals surface area contributed by atoms with Gasteiger partial charge in [0.2, 0.25) is 0 Å². The van der Waals surface area contributed by atoms with Crippen molar-refractivity contribution < 1.29 is 23.7 Å².